The summed E-state index contributed by atoms with van der Waals surface area (Å²) in [5, 5.41) is 5.20. The molecule has 168 valence electrons. The van der Waals surface area contributed by atoms with Crippen LogP contribution < -0.4 is 15.4 Å². The van der Waals surface area contributed by atoms with Gasteiger partial charge in [0.25, 0.3) is 0 Å². The van der Waals surface area contributed by atoms with Crippen molar-refractivity contribution in [3.8, 4) is 5.75 Å². The fourth-order valence-corrected chi connectivity index (χ4v) is 3.26. The first-order chi connectivity index (χ1) is 14.7. The molecule has 31 heavy (non-hydrogen) atoms. The zero-order valence-electron chi connectivity index (χ0n) is 17.0. The van der Waals surface area contributed by atoms with Gasteiger partial charge in [-0.2, -0.15) is 18.2 Å². The number of carbonyl (C=O) groups excluding carboxylic acids is 1. The van der Waals surface area contributed by atoms with Crippen LogP contribution in [0, 0.1) is 11.7 Å². The third-order valence-electron chi connectivity index (χ3n) is 4.83. The number of benzene rings is 1. The van der Waals surface area contributed by atoms with Crippen molar-refractivity contribution in [1.29, 1.82) is 0 Å². The van der Waals surface area contributed by atoms with E-state index in [-0.39, 0.29) is 41.2 Å². The average Bonchev–Trinajstić information content (AvgIpc) is 2.74. The lowest BCUT2D eigenvalue weighted by Gasteiger charge is -2.21. The second-order valence-electron chi connectivity index (χ2n) is 6.89. The topological polar surface area (TPSA) is 85.4 Å². The number of nitrogens with one attached hydrogen (secondary N) is 2. The summed E-state index contributed by atoms with van der Waals surface area (Å²) < 4.78 is 64.6. The summed E-state index contributed by atoms with van der Waals surface area (Å²) in [5.41, 5.74) is -1.06. The highest BCUT2D eigenvalue weighted by atomic mass is 19.4. The molecule has 2 N–H and O–H groups in total. The molecule has 1 aromatic carbocycles. The van der Waals surface area contributed by atoms with E-state index in [1.807, 2.05) is 0 Å². The fourth-order valence-electron chi connectivity index (χ4n) is 3.26. The maximum atomic E-state index is 14.7. The molecule has 0 atom stereocenters. The van der Waals surface area contributed by atoms with Crippen molar-refractivity contribution in [3.63, 3.8) is 0 Å². The second kappa shape index (κ2) is 9.46. The Morgan fingerprint density at radius 3 is 2.61 bits per heavy atom. The van der Waals surface area contributed by atoms with Crippen molar-refractivity contribution in [2.75, 3.05) is 37.5 Å². The van der Waals surface area contributed by atoms with Gasteiger partial charge in [-0.05, 0) is 25.8 Å². The molecule has 2 aromatic rings. The van der Waals surface area contributed by atoms with E-state index in [2.05, 4.69) is 20.6 Å². The molecular formula is C20H22F4N4O3. The predicted octanol–water partition coefficient (Wildman–Crippen LogP) is 4.43. The Morgan fingerprint density at radius 2 is 2.00 bits per heavy atom. The lowest BCUT2D eigenvalue weighted by molar-refractivity contribution is -0.137. The summed E-state index contributed by atoms with van der Waals surface area (Å²) in [6.07, 6.45) is -2.98. The number of hydrogen-bond donors (Lipinski definition) is 2. The van der Waals surface area contributed by atoms with Crippen LogP contribution in [0.3, 0.4) is 0 Å². The molecule has 0 spiro atoms. The lowest BCUT2D eigenvalue weighted by atomic mass is 9.90. The highest BCUT2D eigenvalue weighted by molar-refractivity contribution is 5.99. The first-order valence-electron chi connectivity index (χ1n) is 9.69. The van der Waals surface area contributed by atoms with E-state index >= 15 is 0 Å². The van der Waals surface area contributed by atoms with E-state index in [1.54, 1.807) is 6.92 Å². The van der Waals surface area contributed by atoms with Gasteiger partial charge in [-0.15, -0.1) is 0 Å². The molecule has 1 fully saturated rings. The summed E-state index contributed by atoms with van der Waals surface area (Å²) in [5.74, 6) is -1.93. The molecule has 2 heterocycles. The van der Waals surface area contributed by atoms with Gasteiger partial charge in [0.2, 0.25) is 5.95 Å². The van der Waals surface area contributed by atoms with E-state index < -0.39 is 23.4 Å². The molecule has 7 nitrogen and oxygen atoms in total. The molecule has 0 aliphatic carbocycles. The Morgan fingerprint density at radius 1 is 1.29 bits per heavy atom. The quantitative estimate of drug-likeness (QED) is 0.485. The number of nitrogens with zero attached hydrogens (tertiary/aromatic N) is 2. The number of aromatic nitrogens is 2. The number of halogens is 4. The van der Waals surface area contributed by atoms with Crippen LogP contribution in [0.15, 0.2) is 18.3 Å². The third kappa shape index (κ3) is 5.22. The monoisotopic (exact) mass is 442 g/mol. The summed E-state index contributed by atoms with van der Waals surface area (Å²) in [4.78, 5) is 20.2. The number of rotatable bonds is 7. The smallest absolute Gasteiger partial charge is 0.421 e. The Kier molecular flexibility index (Phi) is 6.94. The van der Waals surface area contributed by atoms with Gasteiger partial charge in [-0.3, -0.25) is 4.79 Å². The van der Waals surface area contributed by atoms with Crippen molar-refractivity contribution in [2.45, 2.75) is 25.9 Å². The minimum Gasteiger partial charge on any atom is -0.495 e. The van der Waals surface area contributed by atoms with Crippen molar-refractivity contribution < 1.29 is 31.8 Å². The molecule has 0 amide bonds. The van der Waals surface area contributed by atoms with E-state index in [0.29, 0.717) is 32.3 Å². The normalized spacial score (nSPS) is 14.9. The molecule has 1 aliphatic rings. The summed E-state index contributed by atoms with van der Waals surface area (Å²) in [7, 11) is 1.33. The zero-order chi connectivity index (χ0) is 22.6. The Bertz CT molecular complexity index is 947. The molecular weight excluding hydrogens is 420 g/mol. The SMILES string of the molecule is CCNc1nc(Nc2cc(F)c(C(=O)C3CCOCC3)cc2OC)ncc1C(F)(F)F. The van der Waals surface area contributed by atoms with Gasteiger partial charge < -0.3 is 20.1 Å². The maximum Gasteiger partial charge on any atom is 0.421 e. The van der Waals surface area contributed by atoms with Crippen LogP contribution in [-0.2, 0) is 10.9 Å². The highest BCUT2D eigenvalue weighted by Gasteiger charge is 2.35. The first-order valence-corrected chi connectivity index (χ1v) is 9.69. The Labute approximate surface area is 176 Å². The van der Waals surface area contributed by atoms with Gasteiger partial charge in [-0.1, -0.05) is 0 Å². The van der Waals surface area contributed by atoms with Gasteiger partial charge in [0, 0.05) is 37.9 Å². The molecule has 3 rings (SSSR count). The van der Waals surface area contributed by atoms with Gasteiger partial charge in [0.1, 0.15) is 22.9 Å². The predicted molar refractivity (Wildman–Crippen MR) is 105 cm³/mol. The number of Topliss-reactive ketones (excluding diaryl/α,β-unsaturated/α-hetero) is 1. The van der Waals surface area contributed by atoms with Gasteiger partial charge >= 0.3 is 6.18 Å². The number of carbonyl (C=O) groups is 1. The van der Waals surface area contributed by atoms with Crippen LogP contribution in [0.25, 0.3) is 0 Å². The highest BCUT2D eigenvalue weighted by Crippen LogP contribution is 2.35. The largest absolute Gasteiger partial charge is 0.495 e. The van der Waals surface area contributed by atoms with Crippen molar-refractivity contribution in [1.82, 2.24) is 9.97 Å². The van der Waals surface area contributed by atoms with Gasteiger partial charge in [0.15, 0.2) is 5.78 Å². The van der Waals surface area contributed by atoms with Crippen LogP contribution >= 0.6 is 0 Å². The average molecular weight is 442 g/mol. The second-order valence-corrected chi connectivity index (χ2v) is 6.89. The third-order valence-corrected chi connectivity index (χ3v) is 4.83. The summed E-state index contributed by atoms with van der Waals surface area (Å²) >= 11 is 0. The Balaban J connectivity index is 1.90. The van der Waals surface area contributed by atoms with Crippen LogP contribution in [0.4, 0.5) is 35.0 Å². The number of anilines is 3. The lowest BCUT2D eigenvalue weighted by Crippen LogP contribution is -2.24. The van der Waals surface area contributed by atoms with Crippen molar-refractivity contribution in [3.05, 3.63) is 35.3 Å². The van der Waals surface area contributed by atoms with Crippen LogP contribution in [0.5, 0.6) is 5.75 Å². The first kappa shape index (κ1) is 22.7. The zero-order valence-corrected chi connectivity index (χ0v) is 17.0. The summed E-state index contributed by atoms with van der Waals surface area (Å²) in [6.45, 7) is 2.71. The minimum atomic E-state index is -4.63. The molecule has 0 saturated carbocycles. The number of ketones is 1. The van der Waals surface area contributed by atoms with Crippen LogP contribution in [0.1, 0.15) is 35.7 Å². The minimum absolute atomic E-state index is 0.0748. The van der Waals surface area contributed by atoms with E-state index in [4.69, 9.17) is 9.47 Å². The number of alkyl halides is 3. The van der Waals surface area contributed by atoms with Crippen molar-refractivity contribution in [2.24, 2.45) is 5.92 Å². The molecule has 1 saturated heterocycles. The molecule has 0 bridgehead atoms. The molecule has 11 heteroatoms. The molecule has 1 aliphatic heterocycles. The molecule has 0 unspecified atom stereocenters. The van der Waals surface area contributed by atoms with Gasteiger partial charge in [0.05, 0.1) is 18.4 Å². The fraction of sp³-hybridized carbons (Fsp3) is 0.450. The number of methoxy groups -OCH3 is 1. The maximum absolute atomic E-state index is 14.7. The standard InChI is InChI=1S/C20H22F4N4O3/c1-3-25-18-13(20(22,23)24)10-26-19(28-18)27-15-9-14(21)12(8-16(15)30-2)17(29)11-4-6-31-7-5-11/h8-11H,3-7H2,1-2H3,(H2,25,26,27,28). The van der Waals surface area contributed by atoms with Gasteiger partial charge in [-0.25, -0.2) is 9.37 Å². The van der Waals surface area contributed by atoms with E-state index in [1.165, 1.54) is 13.2 Å². The molecule has 1 aromatic heterocycles. The van der Waals surface area contributed by atoms with Crippen LogP contribution in [0.2, 0.25) is 0 Å². The van der Waals surface area contributed by atoms with Crippen molar-refractivity contribution >= 4 is 23.2 Å². The number of ether oxygens (including phenoxy) is 2. The van der Waals surface area contributed by atoms with Crippen LogP contribution in [-0.4, -0.2) is 42.6 Å². The Hall–Kier alpha value is -2.95. The number of hydrogen-bond acceptors (Lipinski definition) is 7. The van der Waals surface area contributed by atoms with E-state index in [9.17, 15) is 22.4 Å². The summed E-state index contributed by atoms with van der Waals surface area (Å²) in [6, 6.07) is 2.31. The van der Waals surface area contributed by atoms with E-state index in [0.717, 1.165) is 6.07 Å². The molecule has 0 radical (unpaired) electrons.